The Hall–Kier alpha value is -2.92. The van der Waals surface area contributed by atoms with Crippen molar-refractivity contribution in [3.63, 3.8) is 0 Å². The number of aromatic amines is 1. The van der Waals surface area contributed by atoms with Gasteiger partial charge in [0.15, 0.2) is 0 Å². The van der Waals surface area contributed by atoms with E-state index >= 15 is 0 Å². The topological polar surface area (TPSA) is 62.4 Å². The normalized spacial score (nSPS) is 16.3. The summed E-state index contributed by atoms with van der Waals surface area (Å²) >= 11 is 0. The highest BCUT2D eigenvalue weighted by molar-refractivity contribution is 5.95. The third kappa shape index (κ3) is 4.25. The molecular weight excluding hydrogens is 364 g/mol. The summed E-state index contributed by atoms with van der Waals surface area (Å²) in [6.45, 7) is 5.43. The monoisotopic (exact) mass is 390 g/mol. The number of carbonyl (C=O) groups excluding carboxylic acids is 1. The van der Waals surface area contributed by atoms with Gasteiger partial charge in [-0.1, -0.05) is 29.8 Å². The molecule has 4 rings (SSSR count). The fourth-order valence-electron chi connectivity index (χ4n) is 3.93. The SMILES string of the molecule is Cc1ccc2[nH]c(=O)c(CN(C[C@H]3CCCO3)C(=O)c3ccccc3C)cc2c1. The van der Waals surface area contributed by atoms with Crippen LogP contribution in [0.2, 0.25) is 0 Å². The molecule has 29 heavy (non-hydrogen) atoms. The van der Waals surface area contributed by atoms with E-state index in [4.69, 9.17) is 4.74 Å². The predicted octanol–water partition coefficient (Wildman–Crippen LogP) is 3.97. The first-order valence-corrected chi connectivity index (χ1v) is 10.1. The molecule has 0 saturated carbocycles. The number of hydrogen-bond donors (Lipinski definition) is 1. The highest BCUT2D eigenvalue weighted by atomic mass is 16.5. The Kier molecular flexibility index (Phi) is 5.49. The lowest BCUT2D eigenvalue weighted by Gasteiger charge is -2.26. The molecule has 1 aliphatic rings. The predicted molar refractivity (Wildman–Crippen MR) is 114 cm³/mol. The molecule has 0 bridgehead atoms. The minimum absolute atomic E-state index is 0.0183. The van der Waals surface area contributed by atoms with Gasteiger partial charge in [0.25, 0.3) is 11.5 Å². The second-order valence-electron chi connectivity index (χ2n) is 7.85. The smallest absolute Gasteiger partial charge is 0.254 e. The molecule has 150 valence electrons. The van der Waals surface area contributed by atoms with Gasteiger partial charge in [-0.3, -0.25) is 9.59 Å². The molecule has 0 unspecified atom stereocenters. The molecule has 0 radical (unpaired) electrons. The second-order valence-corrected chi connectivity index (χ2v) is 7.85. The number of nitrogens with one attached hydrogen (secondary N) is 1. The molecule has 5 heteroatoms. The van der Waals surface area contributed by atoms with Crippen molar-refractivity contribution in [1.82, 2.24) is 9.88 Å². The van der Waals surface area contributed by atoms with Gasteiger partial charge in [-0.25, -0.2) is 0 Å². The largest absolute Gasteiger partial charge is 0.376 e. The van der Waals surface area contributed by atoms with E-state index in [-0.39, 0.29) is 24.1 Å². The van der Waals surface area contributed by atoms with Crippen molar-refractivity contribution >= 4 is 16.8 Å². The Morgan fingerprint density at radius 2 is 2.00 bits per heavy atom. The Balaban J connectivity index is 1.68. The van der Waals surface area contributed by atoms with E-state index in [1.165, 1.54) is 0 Å². The van der Waals surface area contributed by atoms with Gasteiger partial charge in [-0.05, 0) is 61.9 Å². The van der Waals surface area contributed by atoms with Crippen LogP contribution in [0.25, 0.3) is 10.9 Å². The van der Waals surface area contributed by atoms with E-state index in [2.05, 4.69) is 4.98 Å². The number of rotatable bonds is 5. The van der Waals surface area contributed by atoms with E-state index in [1.54, 1.807) is 4.90 Å². The van der Waals surface area contributed by atoms with Gasteiger partial charge in [0.05, 0.1) is 12.6 Å². The third-order valence-electron chi connectivity index (χ3n) is 5.55. The van der Waals surface area contributed by atoms with Crippen LogP contribution in [0.5, 0.6) is 0 Å². The van der Waals surface area contributed by atoms with Crippen LogP contribution < -0.4 is 5.56 Å². The van der Waals surface area contributed by atoms with Crippen molar-refractivity contribution in [3.05, 3.63) is 81.1 Å². The molecule has 1 amide bonds. The zero-order valence-corrected chi connectivity index (χ0v) is 16.9. The van der Waals surface area contributed by atoms with Crippen LogP contribution in [0, 0.1) is 13.8 Å². The lowest BCUT2D eigenvalue weighted by Crippen LogP contribution is -2.38. The molecule has 1 N–H and O–H groups in total. The number of ether oxygens (including phenoxy) is 1. The van der Waals surface area contributed by atoms with Crippen LogP contribution in [0.15, 0.2) is 53.3 Å². The van der Waals surface area contributed by atoms with Crippen molar-refractivity contribution < 1.29 is 9.53 Å². The molecule has 1 atom stereocenters. The first kappa shape index (κ1) is 19.4. The minimum Gasteiger partial charge on any atom is -0.376 e. The van der Waals surface area contributed by atoms with Gasteiger partial charge < -0.3 is 14.6 Å². The molecule has 1 fully saturated rings. The van der Waals surface area contributed by atoms with E-state index in [1.807, 2.05) is 62.4 Å². The minimum atomic E-state index is -0.156. The van der Waals surface area contributed by atoms with Gasteiger partial charge in [-0.15, -0.1) is 0 Å². The molecule has 1 saturated heterocycles. The number of pyridine rings is 1. The number of amides is 1. The van der Waals surface area contributed by atoms with Gasteiger partial charge in [0.1, 0.15) is 0 Å². The zero-order valence-electron chi connectivity index (χ0n) is 16.9. The van der Waals surface area contributed by atoms with Crippen LogP contribution in [-0.2, 0) is 11.3 Å². The Morgan fingerprint density at radius 1 is 1.17 bits per heavy atom. The standard InChI is InChI=1S/C24H26N2O3/c1-16-9-10-22-18(12-16)13-19(23(27)25-22)14-26(15-20-7-5-11-29-20)24(28)21-8-4-3-6-17(21)2/h3-4,6,8-10,12-13,20H,5,7,11,14-15H2,1-2H3,(H,25,27)/t20-/m1/s1. The quantitative estimate of drug-likeness (QED) is 0.717. The molecular formula is C24H26N2O3. The summed E-state index contributed by atoms with van der Waals surface area (Å²) in [5.74, 6) is -0.0673. The number of hydrogen-bond acceptors (Lipinski definition) is 3. The van der Waals surface area contributed by atoms with Crippen LogP contribution in [0.3, 0.4) is 0 Å². The second kappa shape index (κ2) is 8.21. The van der Waals surface area contributed by atoms with Crippen molar-refractivity contribution in [1.29, 1.82) is 0 Å². The lowest BCUT2D eigenvalue weighted by molar-refractivity contribution is 0.0506. The van der Waals surface area contributed by atoms with Crippen LogP contribution >= 0.6 is 0 Å². The lowest BCUT2D eigenvalue weighted by atomic mass is 10.1. The van der Waals surface area contributed by atoms with E-state index < -0.39 is 0 Å². The number of fused-ring (bicyclic) bond motifs is 1. The van der Waals surface area contributed by atoms with Crippen LogP contribution in [-0.4, -0.2) is 35.0 Å². The average Bonchev–Trinajstić information content (AvgIpc) is 3.21. The van der Waals surface area contributed by atoms with Gasteiger partial charge in [0.2, 0.25) is 0 Å². The summed E-state index contributed by atoms with van der Waals surface area (Å²) in [4.78, 5) is 30.7. The van der Waals surface area contributed by atoms with Gasteiger partial charge >= 0.3 is 0 Å². The van der Waals surface area contributed by atoms with Crippen molar-refractivity contribution in [2.24, 2.45) is 0 Å². The number of H-pyrrole nitrogens is 1. The van der Waals surface area contributed by atoms with Gasteiger partial charge in [0, 0.05) is 29.8 Å². The maximum Gasteiger partial charge on any atom is 0.254 e. The highest BCUT2D eigenvalue weighted by Crippen LogP contribution is 2.19. The van der Waals surface area contributed by atoms with E-state index in [0.29, 0.717) is 17.7 Å². The molecule has 3 aromatic rings. The van der Waals surface area contributed by atoms with Crippen LogP contribution in [0.4, 0.5) is 0 Å². The summed E-state index contributed by atoms with van der Waals surface area (Å²) in [6, 6.07) is 15.4. The molecule has 5 nitrogen and oxygen atoms in total. The van der Waals surface area contributed by atoms with E-state index in [9.17, 15) is 9.59 Å². The Morgan fingerprint density at radius 3 is 2.76 bits per heavy atom. The first-order chi connectivity index (χ1) is 14.0. The fraction of sp³-hybridized carbons (Fsp3) is 0.333. The number of aromatic nitrogens is 1. The van der Waals surface area contributed by atoms with Crippen molar-refractivity contribution in [2.45, 2.75) is 39.3 Å². The summed E-state index contributed by atoms with van der Waals surface area (Å²) in [6.07, 6.45) is 1.96. The van der Waals surface area contributed by atoms with Crippen molar-refractivity contribution in [3.8, 4) is 0 Å². The summed E-state index contributed by atoms with van der Waals surface area (Å²) in [7, 11) is 0. The summed E-state index contributed by atoms with van der Waals surface area (Å²) < 4.78 is 5.77. The summed E-state index contributed by atoms with van der Waals surface area (Å²) in [5, 5.41) is 0.972. The molecule has 2 heterocycles. The average molecular weight is 390 g/mol. The van der Waals surface area contributed by atoms with Crippen LogP contribution in [0.1, 0.15) is 39.9 Å². The number of nitrogens with zero attached hydrogens (tertiary/aromatic N) is 1. The molecule has 1 aromatic heterocycles. The van der Waals surface area contributed by atoms with E-state index in [0.717, 1.165) is 41.5 Å². The van der Waals surface area contributed by atoms with Gasteiger partial charge in [-0.2, -0.15) is 0 Å². The zero-order chi connectivity index (χ0) is 20.4. The van der Waals surface area contributed by atoms with Crippen molar-refractivity contribution in [2.75, 3.05) is 13.2 Å². The maximum absolute atomic E-state index is 13.3. The third-order valence-corrected chi connectivity index (χ3v) is 5.55. The fourth-order valence-corrected chi connectivity index (χ4v) is 3.93. The number of aryl methyl sites for hydroxylation is 2. The Bertz CT molecular complexity index is 1100. The number of carbonyl (C=O) groups is 1. The molecule has 0 aliphatic carbocycles. The molecule has 0 spiro atoms. The summed E-state index contributed by atoms with van der Waals surface area (Å²) in [5.41, 5.74) is 3.96. The number of benzene rings is 2. The first-order valence-electron chi connectivity index (χ1n) is 10.1. The Labute approximate surface area is 170 Å². The molecule has 2 aromatic carbocycles. The highest BCUT2D eigenvalue weighted by Gasteiger charge is 2.25. The maximum atomic E-state index is 13.3. The molecule has 1 aliphatic heterocycles.